The molecule has 0 unspecified atom stereocenters. The molecule has 2 aromatic rings. The van der Waals surface area contributed by atoms with Crippen molar-refractivity contribution >= 4 is 34.5 Å². The standard InChI is InChI=1S/C12H12N2S.C5H12N2.C5H10.C4H9N.C3H8/c1-9-7-10(8-13)12(15-9)14-11-5-3-2-4-6-11;1-7-4-2-6-3-5-7;1-3-5-4-2;1-3-4-5-2;1-3-2/h2-8,13-14H,1H3;6H,2-5H2,1H3;3H,1,4-5H2,2H3;4H,3H2,1-2H3;3H2,1-2H3. The summed E-state index contributed by atoms with van der Waals surface area (Å²) in [5.41, 5.74) is 2.00. The van der Waals surface area contributed by atoms with E-state index in [1.807, 2.05) is 55.6 Å². The number of nitrogens with one attached hydrogen (secondary N) is 3. The van der Waals surface area contributed by atoms with E-state index in [1.165, 1.54) is 37.0 Å². The fraction of sp³-hybridized carbons (Fsp3) is 0.517. The van der Waals surface area contributed by atoms with Crippen LogP contribution in [0.1, 0.15) is 63.8 Å². The molecule has 0 saturated carbocycles. The summed E-state index contributed by atoms with van der Waals surface area (Å²) >= 11 is 1.67. The van der Waals surface area contributed by atoms with Gasteiger partial charge in [0, 0.05) is 55.6 Å². The van der Waals surface area contributed by atoms with Gasteiger partial charge in [0.2, 0.25) is 0 Å². The van der Waals surface area contributed by atoms with E-state index in [2.05, 4.69) is 61.8 Å². The average molecular weight is 502 g/mol. The molecule has 5 nitrogen and oxygen atoms in total. The summed E-state index contributed by atoms with van der Waals surface area (Å²) in [5, 5.41) is 14.9. The third-order valence-electron chi connectivity index (χ3n) is 4.27. The third kappa shape index (κ3) is 22.0. The maximum atomic E-state index is 7.31. The number of piperazine rings is 1. The first-order valence-electron chi connectivity index (χ1n) is 12.8. The number of nitrogens with zero attached hydrogens (tertiary/aromatic N) is 2. The van der Waals surface area contributed by atoms with Crippen molar-refractivity contribution in [1.29, 1.82) is 5.41 Å². The first-order chi connectivity index (χ1) is 16.9. The Morgan fingerprint density at radius 3 is 2.09 bits per heavy atom. The summed E-state index contributed by atoms with van der Waals surface area (Å²) in [6.07, 6.45) is 9.87. The summed E-state index contributed by atoms with van der Waals surface area (Å²) in [6.45, 7) is 18.8. The van der Waals surface area contributed by atoms with Gasteiger partial charge >= 0.3 is 0 Å². The Balaban J connectivity index is 0. The van der Waals surface area contributed by atoms with Crippen molar-refractivity contribution in [3.8, 4) is 0 Å². The zero-order valence-electron chi connectivity index (χ0n) is 23.4. The van der Waals surface area contributed by atoms with Crippen molar-refractivity contribution in [2.45, 2.75) is 60.3 Å². The highest BCUT2D eigenvalue weighted by atomic mass is 32.1. The van der Waals surface area contributed by atoms with Crippen molar-refractivity contribution < 1.29 is 0 Å². The van der Waals surface area contributed by atoms with Gasteiger partial charge in [0.25, 0.3) is 0 Å². The van der Waals surface area contributed by atoms with Crippen LogP contribution in [0.3, 0.4) is 0 Å². The van der Waals surface area contributed by atoms with Crippen molar-refractivity contribution in [3.63, 3.8) is 0 Å². The SMILES string of the molecule is C=CCCC.CCC.CCC=NC.CN1CCNCC1.Cc1cc(C=N)c(Nc2ccccc2)s1. The molecule has 2 heterocycles. The fourth-order valence-corrected chi connectivity index (χ4v) is 3.47. The van der Waals surface area contributed by atoms with Crippen LogP contribution in [0.5, 0.6) is 0 Å². The van der Waals surface area contributed by atoms with Crippen LogP contribution >= 0.6 is 11.3 Å². The monoisotopic (exact) mass is 501 g/mol. The van der Waals surface area contributed by atoms with Crippen molar-refractivity contribution in [2.75, 3.05) is 45.6 Å². The number of likely N-dealkylation sites (N-methyl/N-ethyl adjacent to an activating group) is 1. The number of anilines is 2. The minimum absolute atomic E-state index is 0.946. The maximum Gasteiger partial charge on any atom is 0.102 e. The molecule has 0 atom stereocenters. The van der Waals surface area contributed by atoms with E-state index in [9.17, 15) is 0 Å². The Labute approximate surface area is 220 Å². The van der Waals surface area contributed by atoms with Gasteiger partial charge in [-0.3, -0.25) is 0 Å². The van der Waals surface area contributed by atoms with E-state index < -0.39 is 0 Å². The summed E-state index contributed by atoms with van der Waals surface area (Å²) in [6, 6.07) is 12.0. The fourth-order valence-electron chi connectivity index (χ4n) is 2.55. The smallest absolute Gasteiger partial charge is 0.102 e. The number of hydrogen-bond acceptors (Lipinski definition) is 6. The topological polar surface area (TPSA) is 63.5 Å². The van der Waals surface area contributed by atoms with Crippen molar-refractivity contribution in [1.82, 2.24) is 10.2 Å². The van der Waals surface area contributed by atoms with E-state index in [-0.39, 0.29) is 0 Å². The summed E-state index contributed by atoms with van der Waals surface area (Å²) in [4.78, 5) is 7.27. The molecule has 3 N–H and O–H groups in total. The molecule has 1 aromatic carbocycles. The number of unbranched alkanes of at least 4 members (excludes halogenated alkanes) is 1. The first-order valence-corrected chi connectivity index (χ1v) is 13.6. The molecule has 3 rings (SSSR count). The first kappa shape index (κ1) is 34.9. The van der Waals surface area contributed by atoms with Crippen LogP contribution in [0.25, 0.3) is 0 Å². The van der Waals surface area contributed by atoms with Crippen LogP contribution in [0.2, 0.25) is 0 Å². The maximum absolute atomic E-state index is 7.31. The number of aryl methyl sites for hydroxylation is 1. The second-order valence-corrected chi connectivity index (χ2v) is 9.22. The molecule has 198 valence electrons. The second kappa shape index (κ2) is 26.3. The van der Waals surface area contributed by atoms with Gasteiger partial charge in [0.1, 0.15) is 5.00 Å². The van der Waals surface area contributed by atoms with Gasteiger partial charge in [-0.25, -0.2) is 0 Å². The van der Waals surface area contributed by atoms with E-state index in [4.69, 9.17) is 5.41 Å². The highest BCUT2D eigenvalue weighted by molar-refractivity contribution is 7.16. The van der Waals surface area contributed by atoms with Crippen LogP contribution in [0.4, 0.5) is 10.7 Å². The predicted octanol–water partition coefficient (Wildman–Crippen LogP) is 7.80. The average Bonchev–Trinajstić information content (AvgIpc) is 3.22. The zero-order chi connectivity index (χ0) is 26.7. The predicted molar refractivity (Wildman–Crippen MR) is 163 cm³/mol. The Morgan fingerprint density at radius 2 is 1.74 bits per heavy atom. The Bertz CT molecular complexity index is 750. The lowest BCUT2D eigenvalue weighted by molar-refractivity contribution is 0.291. The molecule has 6 heteroatoms. The van der Waals surface area contributed by atoms with Crippen LogP contribution in [-0.2, 0) is 0 Å². The lowest BCUT2D eigenvalue weighted by atomic mass is 10.3. The summed E-state index contributed by atoms with van der Waals surface area (Å²) < 4.78 is 0. The minimum Gasteiger partial charge on any atom is -0.347 e. The highest BCUT2D eigenvalue weighted by Gasteiger charge is 2.04. The minimum atomic E-state index is 0.946. The third-order valence-corrected chi connectivity index (χ3v) is 5.25. The number of hydrogen-bond donors (Lipinski definition) is 3. The number of allylic oxidation sites excluding steroid dienone is 1. The molecule has 1 fully saturated rings. The van der Waals surface area contributed by atoms with E-state index >= 15 is 0 Å². The molecule has 0 amide bonds. The lowest BCUT2D eigenvalue weighted by Gasteiger charge is -2.21. The molecule has 0 bridgehead atoms. The van der Waals surface area contributed by atoms with Gasteiger partial charge in [-0.1, -0.05) is 64.8 Å². The Morgan fingerprint density at radius 1 is 1.14 bits per heavy atom. The number of para-hydroxylation sites is 1. The summed E-state index contributed by atoms with van der Waals surface area (Å²) in [5.74, 6) is 0. The molecule has 1 saturated heterocycles. The van der Waals surface area contributed by atoms with E-state index in [0.717, 1.165) is 42.2 Å². The molecule has 1 aliphatic rings. The molecule has 0 radical (unpaired) electrons. The van der Waals surface area contributed by atoms with Crippen LogP contribution in [-0.4, -0.2) is 57.6 Å². The van der Waals surface area contributed by atoms with Gasteiger partial charge in [-0.05, 0) is 51.2 Å². The Hall–Kier alpha value is -2.28. The molecule has 0 spiro atoms. The molecule has 1 aromatic heterocycles. The number of rotatable bonds is 6. The van der Waals surface area contributed by atoms with Crippen LogP contribution in [0, 0.1) is 12.3 Å². The van der Waals surface area contributed by atoms with Crippen molar-refractivity contribution in [3.05, 3.63) is 59.5 Å². The molecule has 1 aliphatic heterocycles. The van der Waals surface area contributed by atoms with E-state index in [0.29, 0.717) is 0 Å². The summed E-state index contributed by atoms with van der Waals surface area (Å²) in [7, 11) is 3.93. The zero-order valence-corrected chi connectivity index (χ0v) is 24.2. The van der Waals surface area contributed by atoms with Gasteiger partial charge in [-0.15, -0.1) is 17.9 Å². The Kier molecular flexibility index (Phi) is 26.2. The van der Waals surface area contributed by atoms with Gasteiger partial charge < -0.3 is 25.9 Å². The number of thiophene rings is 1. The van der Waals surface area contributed by atoms with Crippen LogP contribution < -0.4 is 10.6 Å². The molecule has 0 aliphatic carbocycles. The van der Waals surface area contributed by atoms with Crippen LogP contribution in [0.15, 0.2) is 54.0 Å². The number of aliphatic imine (C=N–C) groups is 1. The molecule has 35 heavy (non-hydrogen) atoms. The van der Waals surface area contributed by atoms with E-state index in [1.54, 1.807) is 18.4 Å². The molecular formula is C29H51N5S. The second-order valence-electron chi connectivity index (χ2n) is 7.96. The lowest BCUT2D eigenvalue weighted by Crippen LogP contribution is -2.40. The van der Waals surface area contributed by atoms with Crippen molar-refractivity contribution in [2.24, 2.45) is 4.99 Å². The highest BCUT2D eigenvalue weighted by Crippen LogP contribution is 2.29. The van der Waals surface area contributed by atoms with Gasteiger partial charge in [0.15, 0.2) is 0 Å². The molecular weight excluding hydrogens is 450 g/mol. The van der Waals surface area contributed by atoms with Gasteiger partial charge in [-0.2, -0.15) is 0 Å². The normalized spacial score (nSPS) is 12.3. The largest absolute Gasteiger partial charge is 0.347 e. The quantitative estimate of drug-likeness (QED) is 0.279. The number of benzene rings is 1. The van der Waals surface area contributed by atoms with Gasteiger partial charge in [0.05, 0.1) is 0 Å².